The van der Waals surface area contributed by atoms with Crippen LogP contribution in [-0.4, -0.2) is 16.5 Å². The van der Waals surface area contributed by atoms with Crippen molar-refractivity contribution < 1.29 is 4.92 Å². The zero-order valence-electron chi connectivity index (χ0n) is 10.4. The quantitative estimate of drug-likeness (QED) is 0.632. The normalized spacial score (nSPS) is 22.9. The average Bonchev–Trinajstić information content (AvgIpc) is 2.72. The fourth-order valence-electron chi connectivity index (χ4n) is 2.50. The summed E-state index contributed by atoms with van der Waals surface area (Å²) in [5.41, 5.74) is 5.55. The predicted octanol–water partition coefficient (Wildman–Crippen LogP) is 2.42. The first-order chi connectivity index (χ1) is 8.58. The van der Waals surface area contributed by atoms with Crippen LogP contribution in [0.25, 0.3) is 0 Å². The molecule has 1 aliphatic rings. The number of nitrogens with two attached hydrogens (primary N) is 1. The summed E-state index contributed by atoms with van der Waals surface area (Å²) >= 11 is 0. The van der Waals surface area contributed by atoms with Crippen molar-refractivity contribution >= 4 is 17.3 Å². The first-order valence-electron chi connectivity index (χ1n) is 6.22. The summed E-state index contributed by atoms with van der Waals surface area (Å²) in [5, 5.41) is 14.0. The van der Waals surface area contributed by atoms with E-state index in [1.165, 1.54) is 31.4 Å². The number of aromatic nitrogens is 1. The molecule has 1 saturated carbocycles. The first kappa shape index (κ1) is 12.6. The Morgan fingerprint density at radius 3 is 2.94 bits per heavy atom. The molecule has 98 valence electrons. The Bertz CT molecular complexity index is 450. The summed E-state index contributed by atoms with van der Waals surface area (Å²) in [6.45, 7) is 2.94. The molecule has 2 atom stereocenters. The van der Waals surface area contributed by atoms with E-state index in [1.54, 1.807) is 0 Å². The summed E-state index contributed by atoms with van der Waals surface area (Å²) in [7, 11) is 0. The second-order valence-corrected chi connectivity index (χ2v) is 4.91. The van der Waals surface area contributed by atoms with Crippen molar-refractivity contribution in [1.29, 1.82) is 0 Å². The molecule has 1 aromatic rings. The van der Waals surface area contributed by atoms with E-state index in [0.717, 1.165) is 6.54 Å². The predicted molar refractivity (Wildman–Crippen MR) is 70.3 cm³/mol. The molecule has 0 bridgehead atoms. The van der Waals surface area contributed by atoms with E-state index >= 15 is 0 Å². The summed E-state index contributed by atoms with van der Waals surface area (Å²) in [4.78, 5) is 14.4. The minimum absolute atomic E-state index is 0.0187. The maximum absolute atomic E-state index is 10.9. The molecule has 2 rings (SSSR count). The molecule has 3 N–H and O–H groups in total. The number of nitro groups is 1. The molecular weight excluding hydrogens is 232 g/mol. The van der Waals surface area contributed by atoms with Gasteiger partial charge >= 0.3 is 5.69 Å². The fraction of sp³-hybridized carbons (Fsp3) is 0.583. The highest BCUT2D eigenvalue weighted by Gasteiger charge is 2.24. The molecule has 1 heterocycles. The molecule has 6 heteroatoms. The minimum Gasteiger partial charge on any atom is -0.384 e. The lowest BCUT2D eigenvalue weighted by molar-refractivity contribution is -0.384. The molecule has 0 radical (unpaired) electrons. The van der Waals surface area contributed by atoms with Crippen LogP contribution in [-0.2, 0) is 0 Å². The van der Waals surface area contributed by atoms with E-state index in [0.29, 0.717) is 17.7 Å². The van der Waals surface area contributed by atoms with E-state index in [1.807, 2.05) is 0 Å². The fourth-order valence-corrected chi connectivity index (χ4v) is 2.50. The van der Waals surface area contributed by atoms with E-state index in [9.17, 15) is 10.1 Å². The summed E-state index contributed by atoms with van der Waals surface area (Å²) < 4.78 is 0. The Hall–Kier alpha value is -1.85. The van der Waals surface area contributed by atoms with Crippen molar-refractivity contribution in [3.05, 3.63) is 22.2 Å². The van der Waals surface area contributed by atoms with Gasteiger partial charge in [0.25, 0.3) is 0 Å². The average molecular weight is 250 g/mol. The number of hydrogen-bond donors (Lipinski definition) is 2. The molecule has 0 aromatic carbocycles. The number of rotatable bonds is 4. The third-order valence-corrected chi connectivity index (χ3v) is 3.66. The number of hydrogen-bond acceptors (Lipinski definition) is 5. The summed E-state index contributed by atoms with van der Waals surface area (Å²) in [6.07, 6.45) is 3.64. The van der Waals surface area contributed by atoms with Gasteiger partial charge in [-0.2, -0.15) is 0 Å². The second-order valence-electron chi connectivity index (χ2n) is 4.91. The van der Waals surface area contributed by atoms with Gasteiger partial charge < -0.3 is 11.1 Å². The highest BCUT2D eigenvalue weighted by atomic mass is 16.6. The van der Waals surface area contributed by atoms with Gasteiger partial charge in [-0.05, 0) is 24.3 Å². The van der Waals surface area contributed by atoms with Crippen LogP contribution in [0.2, 0.25) is 0 Å². The van der Waals surface area contributed by atoms with Gasteiger partial charge in [0, 0.05) is 12.6 Å². The zero-order valence-corrected chi connectivity index (χ0v) is 10.4. The van der Waals surface area contributed by atoms with Crippen LogP contribution in [0.4, 0.5) is 17.3 Å². The summed E-state index contributed by atoms with van der Waals surface area (Å²) in [5.74, 6) is 1.80. The van der Waals surface area contributed by atoms with Crippen LogP contribution >= 0.6 is 0 Å². The minimum atomic E-state index is -0.438. The Kier molecular flexibility index (Phi) is 3.64. The molecule has 0 saturated heterocycles. The lowest BCUT2D eigenvalue weighted by atomic mass is 9.98. The van der Waals surface area contributed by atoms with Gasteiger partial charge in [-0.25, -0.2) is 4.98 Å². The molecule has 0 amide bonds. The van der Waals surface area contributed by atoms with Crippen molar-refractivity contribution in [2.45, 2.75) is 26.2 Å². The Labute approximate surface area is 106 Å². The molecule has 0 spiro atoms. The molecule has 18 heavy (non-hydrogen) atoms. The lowest BCUT2D eigenvalue weighted by Crippen LogP contribution is -2.18. The standard InChI is InChI=1S/C12H18N4O2/c1-8-3-2-4-9(8)7-14-12-10(16(17)18)5-6-11(13)15-12/h5-6,8-9H,2-4,7H2,1H3,(H3,13,14,15). The maximum atomic E-state index is 10.9. The molecule has 0 aliphatic heterocycles. The molecular formula is C12H18N4O2. The SMILES string of the molecule is CC1CCCC1CNc1nc(N)ccc1[N+](=O)[O-]. The zero-order chi connectivity index (χ0) is 13.1. The van der Waals surface area contributed by atoms with Crippen LogP contribution in [0.5, 0.6) is 0 Å². The van der Waals surface area contributed by atoms with Gasteiger partial charge in [0.05, 0.1) is 4.92 Å². The number of nitrogens with one attached hydrogen (secondary N) is 1. The largest absolute Gasteiger partial charge is 0.384 e. The lowest BCUT2D eigenvalue weighted by Gasteiger charge is -2.16. The smallest absolute Gasteiger partial charge is 0.311 e. The van der Waals surface area contributed by atoms with Crippen molar-refractivity contribution in [1.82, 2.24) is 4.98 Å². The van der Waals surface area contributed by atoms with E-state index < -0.39 is 4.92 Å². The van der Waals surface area contributed by atoms with Crippen LogP contribution in [0.1, 0.15) is 26.2 Å². The van der Waals surface area contributed by atoms with E-state index in [-0.39, 0.29) is 11.5 Å². The van der Waals surface area contributed by atoms with Crippen LogP contribution in [0, 0.1) is 22.0 Å². The first-order valence-corrected chi connectivity index (χ1v) is 6.22. The number of anilines is 2. The Morgan fingerprint density at radius 2 is 2.33 bits per heavy atom. The molecule has 1 aromatic heterocycles. The molecule has 1 fully saturated rings. The van der Waals surface area contributed by atoms with Crippen LogP contribution in [0.3, 0.4) is 0 Å². The van der Waals surface area contributed by atoms with Crippen molar-refractivity contribution in [3.8, 4) is 0 Å². The Balaban J connectivity index is 2.08. The highest BCUT2D eigenvalue weighted by molar-refractivity contribution is 5.59. The van der Waals surface area contributed by atoms with E-state index in [4.69, 9.17) is 5.73 Å². The second kappa shape index (κ2) is 5.20. The third-order valence-electron chi connectivity index (χ3n) is 3.66. The van der Waals surface area contributed by atoms with Gasteiger partial charge in [-0.1, -0.05) is 19.8 Å². The topological polar surface area (TPSA) is 94.1 Å². The summed E-state index contributed by atoms with van der Waals surface area (Å²) in [6, 6.07) is 2.84. The van der Waals surface area contributed by atoms with Crippen molar-refractivity contribution in [3.63, 3.8) is 0 Å². The molecule has 2 unspecified atom stereocenters. The van der Waals surface area contributed by atoms with Crippen molar-refractivity contribution in [2.24, 2.45) is 11.8 Å². The van der Waals surface area contributed by atoms with E-state index in [2.05, 4.69) is 17.2 Å². The Morgan fingerprint density at radius 1 is 1.56 bits per heavy atom. The maximum Gasteiger partial charge on any atom is 0.311 e. The van der Waals surface area contributed by atoms with Crippen LogP contribution in [0.15, 0.2) is 12.1 Å². The van der Waals surface area contributed by atoms with Crippen molar-refractivity contribution in [2.75, 3.05) is 17.6 Å². The number of nitrogen functional groups attached to an aromatic ring is 1. The van der Waals surface area contributed by atoms with Gasteiger partial charge in [0.2, 0.25) is 5.82 Å². The number of pyridine rings is 1. The van der Waals surface area contributed by atoms with Gasteiger partial charge in [0.1, 0.15) is 5.82 Å². The number of nitrogens with zero attached hydrogens (tertiary/aromatic N) is 2. The molecule has 1 aliphatic carbocycles. The third kappa shape index (κ3) is 2.69. The highest BCUT2D eigenvalue weighted by Crippen LogP contribution is 2.32. The van der Waals surface area contributed by atoms with Gasteiger partial charge in [-0.3, -0.25) is 10.1 Å². The molecule has 6 nitrogen and oxygen atoms in total. The van der Waals surface area contributed by atoms with Crippen LogP contribution < -0.4 is 11.1 Å². The monoisotopic (exact) mass is 250 g/mol. The van der Waals surface area contributed by atoms with Gasteiger partial charge in [-0.15, -0.1) is 0 Å². The van der Waals surface area contributed by atoms with Gasteiger partial charge in [0.15, 0.2) is 0 Å².